The summed E-state index contributed by atoms with van der Waals surface area (Å²) in [7, 11) is 1.81. The second kappa shape index (κ2) is 8.62. The summed E-state index contributed by atoms with van der Waals surface area (Å²) >= 11 is 0. The zero-order chi connectivity index (χ0) is 21.1. The van der Waals surface area contributed by atoms with Crippen molar-refractivity contribution < 1.29 is 14.3 Å². The number of aromatic nitrogens is 5. The van der Waals surface area contributed by atoms with Gasteiger partial charge in [0.2, 0.25) is 5.95 Å². The van der Waals surface area contributed by atoms with Crippen LogP contribution in [-0.4, -0.2) is 48.4 Å². The van der Waals surface area contributed by atoms with Crippen LogP contribution in [0.2, 0.25) is 0 Å². The molecule has 3 N–H and O–H groups in total. The maximum atomic E-state index is 12.4. The molecular weight excluding hydrogens is 386 g/mol. The number of carbonyl (C=O) groups is 1. The standard InChI is InChI=1S/C20H25N7O3/c1-12-9-22-20(25-16-7-8-23-27(16)2)26-17(12)14-11-30-19(24-14)18(29)21-10-13-5-3-4-6-15(13)28/h7-9,11,13,15,28H,3-6,10H2,1-2H3,(H,21,29)(H,22,25,26)/t13-,15-/m0/s1. The lowest BCUT2D eigenvalue weighted by Gasteiger charge is -2.27. The molecule has 3 aromatic rings. The van der Waals surface area contributed by atoms with Crippen molar-refractivity contribution in [3.05, 3.63) is 36.2 Å². The van der Waals surface area contributed by atoms with Gasteiger partial charge in [-0.2, -0.15) is 5.10 Å². The molecule has 1 fully saturated rings. The summed E-state index contributed by atoms with van der Waals surface area (Å²) < 4.78 is 7.06. The van der Waals surface area contributed by atoms with Crippen molar-refractivity contribution in [2.75, 3.05) is 11.9 Å². The van der Waals surface area contributed by atoms with Crippen LogP contribution in [-0.2, 0) is 7.05 Å². The number of aryl methyl sites for hydroxylation is 2. The number of anilines is 2. The quantitative estimate of drug-likeness (QED) is 0.563. The highest BCUT2D eigenvalue weighted by Gasteiger charge is 2.24. The van der Waals surface area contributed by atoms with Gasteiger partial charge in [0.15, 0.2) is 0 Å². The van der Waals surface area contributed by atoms with Crippen LogP contribution < -0.4 is 10.6 Å². The average molecular weight is 411 g/mol. The molecule has 1 saturated carbocycles. The highest BCUT2D eigenvalue weighted by Crippen LogP contribution is 2.24. The average Bonchev–Trinajstić information content (AvgIpc) is 3.38. The Labute approximate surface area is 173 Å². The van der Waals surface area contributed by atoms with E-state index in [1.54, 1.807) is 17.1 Å². The topological polar surface area (TPSA) is 131 Å². The lowest BCUT2D eigenvalue weighted by molar-refractivity contribution is 0.0654. The van der Waals surface area contributed by atoms with Gasteiger partial charge in [-0.1, -0.05) is 12.8 Å². The first kappa shape index (κ1) is 20.0. The van der Waals surface area contributed by atoms with Gasteiger partial charge in [-0.3, -0.25) is 9.48 Å². The normalized spacial score (nSPS) is 18.9. The first-order chi connectivity index (χ1) is 14.5. The van der Waals surface area contributed by atoms with Crippen molar-refractivity contribution in [3.63, 3.8) is 0 Å². The van der Waals surface area contributed by atoms with E-state index in [0.717, 1.165) is 37.1 Å². The fourth-order valence-corrected chi connectivity index (χ4v) is 3.59. The molecule has 3 aromatic heterocycles. The van der Waals surface area contributed by atoms with Crippen LogP contribution in [0.4, 0.5) is 11.8 Å². The van der Waals surface area contributed by atoms with Crippen LogP contribution in [0.5, 0.6) is 0 Å². The number of oxazole rings is 1. The highest BCUT2D eigenvalue weighted by atomic mass is 16.4. The number of aliphatic hydroxyl groups is 1. The Hall–Kier alpha value is -3.27. The Bertz CT molecular complexity index is 1030. The minimum atomic E-state index is -0.404. The molecule has 1 aliphatic carbocycles. The minimum Gasteiger partial charge on any atom is -0.440 e. The number of rotatable bonds is 6. The molecule has 10 heteroatoms. The summed E-state index contributed by atoms with van der Waals surface area (Å²) in [5.41, 5.74) is 1.82. The van der Waals surface area contributed by atoms with Gasteiger partial charge in [0.1, 0.15) is 23.5 Å². The van der Waals surface area contributed by atoms with Crippen molar-refractivity contribution >= 4 is 17.7 Å². The van der Waals surface area contributed by atoms with Gasteiger partial charge in [0.25, 0.3) is 5.89 Å². The summed E-state index contributed by atoms with van der Waals surface area (Å²) in [6, 6.07) is 1.81. The minimum absolute atomic E-state index is 0.0329. The van der Waals surface area contributed by atoms with Crippen LogP contribution in [0.25, 0.3) is 11.4 Å². The third-order valence-corrected chi connectivity index (χ3v) is 5.37. The SMILES string of the molecule is Cc1cnc(Nc2ccnn2C)nc1-c1coc(C(=O)NC[C@@H]2CCCC[C@@H]2O)n1. The van der Waals surface area contributed by atoms with Gasteiger partial charge in [0, 0.05) is 31.8 Å². The molecule has 0 aromatic carbocycles. The fraction of sp³-hybridized carbons (Fsp3) is 0.450. The molecule has 3 heterocycles. The number of hydrogen-bond acceptors (Lipinski definition) is 8. The maximum absolute atomic E-state index is 12.4. The molecule has 158 valence electrons. The molecule has 0 saturated heterocycles. The molecule has 0 aliphatic heterocycles. The molecule has 0 unspecified atom stereocenters. The van der Waals surface area contributed by atoms with Gasteiger partial charge < -0.3 is 20.2 Å². The van der Waals surface area contributed by atoms with Crippen LogP contribution in [0.1, 0.15) is 41.9 Å². The predicted molar refractivity (Wildman–Crippen MR) is 109 cm³/mol. The second-order valence-corrected chi connectivity index (χ2v) is 7.55. The summed E-state index contributed by atoms with van der Waals surface area (Å²) in [6.45, 7) is 2.27. The number of nitrogens with zero attached hydrogens (tertiary/aromatic N) is 5. The Balaban J connectivity index is 1.45. The largest absolute Gasteiger partial charge is 0.440 e. The zero-order valence-electron chi connectivity index (χ0n) is 17.0. The summed E-state index contributed by atoms with van der Waals surface area (Å²) in [4.78, 5) is 25.5. The fourth-order valence-electron chi connectivity index (χ4n) is 3.59. The third-order valence-electron chi connectivity index (χ3n) is 5.37. The molecule has 30 heavy (non-hydrogen) atoms. The molecule has 2 atom stereocenters. The number of nitrogens with one attached hydrogen (secondary N) is 2. The van der Waals surface area contributed by atoms with Crippen molar-refractivity contribution in [2.24, 2.45) is 13.0 Å². The molecule has 4 rings (SSSR count). The predicted octanol–water partition coefficient (Wildman–Crippen LogP) is 2.20. The molecule has 10 nitrogen and oxygen atoms in total. The van der Waals surface area contributed by atoms with Crippen LogP contribution in [0.15, 0.2) is 29.1 Å². The van der Waals surface area contributed by atoms with Crippen LogP contribution in [0.3, 0.4) is 0 Å². The smallest absolute Gasteiger partial charge is 0.307 e. The molecule has 0 bridgehead atoms. The molecule has 0 radical (unpaired) electrons. The van der Waals surface area contributed by atoms with Gasteiger partial charge in [0.05, 0.1) is 12.3 Å². The lowest BCUT2D eigenvalue weighted by atomic mass is 9.86. The van der Waals surface area contributed by atoms with Crippen molar-refractivity contribution in [3.8, 4) is 11.4 Å². The van der Waals surface area contributed by atoms with E-state index in [1.807, 2.05) is 20.0 Å². The number of hydrogen-bond donors (Lipinski definition) is 3. The summed E-state index contributed by atoms with van der Waals surface area (Å²) in [5, 5.41) is 20.1. The van der Waals surface area contributed by atoms with Crippen LogP contribution in [0, 0.1) is 12.8 Å². The second-order valence-electron chi connectivity index (χ2n) is 7.55. The molecular formula is C20H25N7O3. The first-order valence-corrected chi connectivity index (χ1v) is 10.0. The van der Waals surface area contributed by atoms with E-state index in [2.05, 4.69) is 30.7 Å². The van der Waals surface area contributed by atoms with Crippen molar-refractivity contribution in [1.82, 2.24) is 30.0 Å². The van der Waals surface area contributed by atoms with Gasteiger partial charge >= 0.3 is 5.91 Å². The molecule has 0 spiro atoms. The zero-order valence-corrected chi connectivity index (χ0v) is 17.0. The Morgan fingerprint density at radius 2 is 2.17 bits per heavy atom. The van der Waals surface area contributed by atoms with E-state index in [4.69, 9.17) is 4.42 Å². The van der Waals surface area contributed by atoms with Crippen LogP contribution >= 0.6 is 0 Å². The van der Waals surface area contributed by atoms with Gasteiger partial charge in [-0.25, -0.2) is 15.0 Å². The van der Waals surface area contributed by atoms with E-state index >= 15 is 0 Å². The van der Waals surface area contributed by atoms with E-state index in [-0.39, 0.29) is 17.9 Å². The van der Waals surface area contributed by atoms with E-state index in [9.17, 15) is 9.90 Å². The van der Waals surface area contributed by atoms with E-state index < -0.39 is 5.91 Å². The lowest BCUT2D eigenvalue weighted by Crippen LogP contribution is -2.36. The van der Waals surface area contributed by atoms with Gasteiger partial charge in [-0.05, 0) is 25.3 Å². The molecule has 1 aliphatic rings. The van der Waals surface area contributed by atoms with E-state index in [1.165, 1.54) is 6.26 Å². The monoisotopic (exact) mass is 411 g/mol. The Morgan fingerprint density at radius 3 is 2.93 bits per heavy atom. The number of amides is 1. The Morgan fingerprint density at radius 1 is 1.33 bits per heavy atom. The highest BCUT2D eigenvalue weighted by molar-refractivity contribution is 5.90. The molecule has 1 amide bonds. The summed E-state index contributed by atoms with van der Waals surface area (Å²) in [5.74, 6) is 0.768. The maximum Gasteiger partial charge on any atom is 0.307 e. The van der Waals surface area contributed by atoms with Gasteiger partial charge in [-0.15, -0.1) is 0 Å². The number of carbonyl (C=O) groups excluding carboxylic acids is 1. The number of aliphatic hydroxyl groups excluding tert-OH is 1. The van der Waals surface area contributed by atoms with Crippen molar-refractivity contribution in [1.29, 1.82) is 0 Å². The Kier molecular flexibility index (Phi) is 5.75. The summed E-state index contributed by atoms with van der Waals surface area (Å²) in [6.07, 6.45) is 8.19. The first-order valence-electron chi connectivity index (χ1n) is 10.0. The van der Waals surface area contributed by atoms with E-state index in [0.29, 0.717) is 23.9 Å². The van der Waals surface area contributed by atoms with Crippen molar-refractivity contribution in [2.45, 2.75) is 38.7 Å². The third kappa shape index (κ3) is 4.33.